The summed E-state index contributed by atoms with van der Waals surface area (Å²) in [5.41, 5.74) is 20.5. The highest BCUT2D eigenvalue weighted by molar-refractivity contribution is 5.81. The van der Waals surface area contributed by atoms with Gasteiger partial charge < -0.3 is 58.4 Å². The van der Waals surface area contributed by atoms with Crippen molar-refractivity contribution in [3.05, 3.63) is 70.8 Å². The van der Waals surface area contributed by atoms with Gasteiger partial charge in [-0.3, -0.25) is 19.2 Å². The number of unbranched alkanes of at least 4 members (excludes halogenated alkanes) is 2. The summed E-state index contributed by atoms with van der Waals surface area (Å²) in [5.74, 6) is -1.16. The minimum absolute atomic E-state index is 0.0202. The number of carboxylic acids is 1. The fraction of sp³-hybridized carbons (Fsp3) is 0.625. The highest BCUT2D eigenvalue weighted by Crippen LogP contribution is 2.10. The molecule has 0 radical (unpaired) electrons. The molecule has 0 heterocycles. The van der Waals surface area contributed by atoms with Gasteiger partial charge in [0.1, 0.15) is 17.2 Å². The SMILES string of the molecule is CC(C)(C)OC(=O)NCCCCC(N)C(=O)O.Cc1ccc(CCCC(=O)NCCN)cc1.Cc1ccc(CCCC(=O)NCCNC(=O)C(N)CCCCNC(=O)OC(C)(C)C)cc1. The molecule has 0 aliphatic rings. The van der Waals surface area contributed by atoms with E-state index in [1.807, 2.05) is 20.8 Å². The van der Waals surface area contributed by atoms with Crippen LogP contribution >= 0.6 is 0 Å². The van der Waals surface area contributed by atoms with E-state index in [1.54, 1.807) is 20.8 Å². The summed E-state index contributed by atoms with van der Waals surface area (Å²) in [7, 11) is 0. The lowest BCUT2D eigenvalue weighted by Crippen LogP contribution is -2.43. The molecule has 0 spiro atoms. The number of amides is 5. The maximum absolute atomic E-state index is 12.0. The number of carbonyl (C=O) groups is 6. The average Bonchev–Trinajstić information content (AvgIpc) is 3.21. The van der Waals surface area contributed by atoms with Crippen molar-refractivity contribution in [1.82, 2.24) is 26.6 Å². The fourth-order valence-corrected chi connectivity index (χ4v) is 5.57. The van der Waals surface area contributed by atoms with Gasteiger partial charge in [0, 0.05) is 52.1 Å². The van der Waals surface area contributed by atoms with Crippen molar-refractivity contribution in [2.75, 3.05) is 39.3 Å². The van der Waals surface area contributed by atoms with Gasteiger partial charge in [0.25, 0.3) is 0 Å². The Hall–Kier alpha value is -5.26. The molecule has 12 N–H and O–H groups in total. The maximum Gasteiger partial charge on any atom is 0.407 e. The van der Waals surface area contributed by atoms with Crippen LogP contribution in [-0.2, 0) is 41.5 Å². The molecule has 17 heteroatoms. The van der Waals surface area contributed by atoms with E-state index in [4.69, 9.17) is 31.8 Å². The molecule has 2 unspecified atom stereocenters. The van der Waals surface area contributed by atoms with Crippen LogP contribution in [0.5, 0.6) is 0 Å². The summed E-state index contributed by atoms with van der Waals surface area (Å²) in [6.07, 6.45) is 7.31. The molecule has 17 nitrogen and oxygen atoms in total. The van der Waals surface area contributed by atoms with E-state index in [2.05, 4.69) is 89.0 Å². The lowest BCUT2D eigenvalue weighted by atomic mass is 10.1. The van der Waals surface area contributed by atoms with E-state index < -0.39 is 41.4 Å². The number of ether oxygens (including phenoxy) is 2. The van der Waals surface area contributed by atoms with E-state index >= 15 is 0 Å². The minimum atomic E-state index is -0.995. The number of aryl methyl sites for hydroxylation is 4. The van der Waals surface area contributed by atoms with Crippen LogP contribution in [0.1, 0.15) is 128 Å². The van der Waals surface area contributed by atoms with Crippen LogP contribution in [0.2, 0.25) is 0 Å². The standard InChI is InChI=1S/C24H40N4O4.C13H20N2O.C11H22N2O4/c1-18-11-13-19(14-12-18)8-7-10-21(29)26-16-17-27-22(30)20(25)9-5-6-15-28-23(31)32-24(2,3)4;1-11-5-7-12(8-6-11)3-2-4-13(16)15-10-9-14;1-11(2,3)17-10(16)13-7-5-4-6-8(12)9(14)15/h11-14,20H,5-10,15-17,25H2,1-4H3,(H,26,29)(H,27,30)(H,28,31);5-8H,2-4,9-10,14H2,1H3,(H,15,16);8H,4-7,12H2,1-3H3,(H,13,16)(H,14,15). The number of benzene rings is 2. The van der Waals surface area contributed by atoms with Crippen LogP contribution in [0, 0.1) is 13.8 Å². The third kappa shape index (κ3) is 36.7. The smallest absolute Gasteiger partial charge is 0.407 e. The first-order chi connectivity index (χ1) is 30.5. The van der Waals surface area contributed by atoms with Crippen LogP contribution in [0.25, 0.3) is 0 Å². The van der Waals surface area contributed by atoms with Crippen molar-refractivity contribution in [3.63, 3.8) is 0 Å². The predicted octanol–water partition coefficient (Wildman–Crippen LogP) is 5.06. The van der Waals surface area contributed by atoms with Crippen LogP contribution < -0.4 is 43.8 Å². The zero-order chi connectivity index (χ0) is 49.3. The number of carbonyl (C=O) groups excluding carboxylic acids is 5. The number of hydrogen-bond donors (Lipinski definition) is 9. The Morgan fingerprint density at radius 1 is 0.538 bits per heavy atom. The molecule has 0 saturated heterocycles. The molecule has 0 saturated carbocycles. The van der Waals surface area contributed by atoms with Crippen LogP contribution in [0.4, 0.5) is 9.59 Å². The second kappa shape index (κ2) is 34.1. The zero-order valence-corrected chi connectivity index (χ0v) is 40.4. The number of nitrogens with two attached hydrogens (primary N) is 3. The summed E-state index contributed by atoms with van der Waals surface area (Å²) >= 11 is 0. The topological polar surface area (TPSA) is 279 Å². The normalized spacial score (nSPS) is 11.8. The molecule has 2 aromatic rings. The molecule has 0 aliphatic heterocycles. The lowest BCUT2D eigenvalue weighted by Gasteiger charge is -2.19. The third-order valence-electron chi connectivity index (χ3n) is 9.07. The molecule has 0 aromatic heterocycles. The van der Waals surface area contributed by atoms with Crippen LogP contribution in [0.3, 0.4) is 0 Å². The van der Waals surface area contributed by atoms with Crippen molar-refractivity contribution in [3.8, 4) is 0 Å². The van der Waals surface area contributed by atoms with Gasteiger partial charge in [-0.1, -0.05) is 59.7 Å². The largest absolute Gasteiger partial charge is 0.480 e. The molecule has 0 bridgehead atoms. The van der Waals surface area contributed by atoms with Gasteiger partial charge in [0.15, 0.2) is 0 Å². The van der Waals surface area contributed by atoms with Gasteiger partial charge in [-0.05, 0) is 131 Å². The quantitative estimate of drug-likeness (QED) is 0.0592. The Bertz CT molecular complexity index is 1660. The molecule has 0 aliphatic carbocycles. The lowest BCUT2D eigenvalue weighted by molar-refractivity contribution is -0.138. The molecular weight excluding hydrogens is 833 g/mol. The van der Waals surface area contributed by atoms with E-state index in [0.29, 0.717) is 90.6 Å². The van der Waals surface area contributed by atoms with Crippen molar-refractivity contribution >= 4 is 35.9 Å². The molecule has 2 rings (SSSR count). The summed E-state index contributed by atoms with van der Waals surface area (Å²) in [6, 6.07) is 15.3. The van der Waals surface area contributed by atoms with Gasteiger partial charge in [-0.2, -0.15) is 0 Å². The highest BCUT2D eigenvalue weighted by atomic mass is 16.6. The van der Waals surface area contributed by atoms with Crippen molar-refractivity contribution in [2.24, 2.45) is 17.2 Å². The Labute approximate surface area is 387 Å². The summed E-state index contributed by atoms with van der Waals surface area (Å²) in [6.45, 7) is 17.6. The number of rotatable bonds is 25. The fourth-order valence-electron chi connectivity index (χ4n) is 5.57. The van der Waals surface area contributed by atoms with E-state index in [9.17, 15) is 28.8 Å². The van der Waals surface area contributed by atoms with Crippen LogP contribution in [-0.4, -0.2) is 104 Å². The van der Waals surface area contributed by atoms with Gasteiger partial charge in [-0.25, -0.2) is 9.59 Å². The molecule has 2 atom stereocenters. The van der Waals surface area contributed by atoms with Crippen LogP contribution in [0.15, 0.2) is 48.5 Å². The Kier molecular flexibility index (Phi) is 31.4. The molecular formula is C48H82N8O9. The molecule has 0 fully saturated rings. The predicted molar refractivity (Wildman–Crippen MR) is 256 cm³/mol. The monoisotopic (exact) mass is 915 g/mol. The number of aliphatic carboxylic acids is 1. The average molecular weight is 915 g/mol. The first kappa shape index (κ1) is 59.7. The van der Waals surface area contributed by atoms with Gasteiger partial charge in [0.2, 0.25) is 17.7 Å². The summed E-state index contributed by atoms with van der Waals surface area (Å²) in [4.78, 5) is 68.4. The van der Waals surface area contributed by atoms with E-state index in [1.165, 1.54) is 22.3 Å². The second-order valence-electron chi connectivity index (χ2n) is 17.9. The minimum Gasteiger partial charge on any atom is -0.480 e. The molecule has 65 heavy (non-hydrogen) atoms. The zero-order valence-electron chi connectivity index (χ0n) is 40.4. The first-order valence-corrected chi connectivity index (χ1v) is 22.8. The number of alkyl carbamates (subject to hydrolysis) is 2. The first-order valence-electron chi connectivity index (χ1n) is 22.8. The van der Waals surface area contributed by atoms with Gasteiger partial charge in [-0.15, -0.1) is 0 Å². The van der Waals surface area contributed by atoms with Gasteiger partial charge in [0.05, 0.1) is 6.04 Å². The highest BCUT2D eigenvalue weighted by Gasteiger charge is 2.17. The second-order valence-corrected chi connectivity index (χ2v) is 17.9. The van der Waals surface area contributed by atoms with E-state index in [0.717, 1.165) is 25.7 Å². The van der Waals surface area contributed by atoms with Crippen molar-refractivity contribution < 1.29 is 43.3 Å². The molecule has 5 amide bonds. The molecule has 368 valence electrons. The Morgan fingerprint density at radius 2 is 0.923 bits per heavy atom. The summed E-state index contributed by atoms with van der Waals surface area (Å²) in [5, 5.41) is 22.1. The van der Waals surface area contributed by atoms with Crippen molar-refractivity contribution in [1.29, 1.82) is 0 Å². The third-order valence-corrected chi connectivity index (χ3v) is 9.07. The number of hydrogen-bond acceptors (Lipinski definition) is 11. The maximum atomic E-state index is 12.0. The Morgan fingerprint density at radius 3 is 1.31 bits per heavy atom. The Balaban J connectivity index is 0.00000104. The molecule has 2 aromatic carbocycles. The number of nitrogens with one attached hydrogen (secondary N) is 5. The van der Waals surface area contributed by atoms with E-state index in [-0.39, 0.29) is 17.7 Å². The summed E-state index contributed by atoms with van der Waals surface area (Å²) < 4.78 is 10.2. The van der Waals surface area contributed by atoms with Crippen molar-refractivity contribution in [2.45, 2.75) is 156 Å². The number of carboxylic acid groups (broad SMARTS) is 1. The van der Waals surface area contributed by atoms with Gasteiger partial charge >= 0.3 is 18.2 Å².